The number of carbonyl (C=O) groups is 1. The van der Waals surface area contributed by atoms with Crippen LogP contribution in [-0.2, 0) is 23.0 Å². The van der Waals surface area contributed by atoms with Crippen molar-refractivity contribution in [2.45, 2.75) is 25.4 Å². The normalized spacial score (nSPS) is 12.3. The molecule has 0 atom stereocenters. The molecule has 0 bridgehead atoms. The lowest BCUT2D eigenvalue weighted by Gasteiger charge is -2.13. The zero-order chi connectivity index (χ0) is 26.4. The summed E-state index contributed by atoms with van der Waals surface area (Å²) in [5.41, 5.74) is 0.981. The number of hydrogen-bond acceptors (Lipinski definition) is 5. The van der Waals surface area contributed by atoms with Crippen LogP contribution in [0.4, 0.5) is 18.9 Å². The van der Waals surface area contributed by atoms with E-state index in [1.54, 1.807) is 27.5 Å². The molecule has 14 heteroatoms. The van der Waals surface area contributed by atoms with Gasteiger partial charge in [-0.1, -0.05) is 36.7 Å². The van der Waals surface area contributed by atoms with E-state index in [1.807, 2.05) is 6.92 Å². The molecule has 0 saturated carbocycles. The largest absolute Gasteiger partial charge is 0.516 e. The predicted octanol–water partition coefficient (Wildman–Crippen LogP) is 5.68. The number of rotatable bonds is 7. The average molecular weight is 606 g/mol. The number of nitrogens with two attached hydrogens (primary N) is 1. The maximum Gasteiger partial charge on any atom is 0.516 e. The van der Waals surface area contributed by atoms with Crippen LogP contribution < -0.4 is 10.5 Å². The van der Waals surface area contributed by atoms with Crippen LogP contribution in [0.25, 0.3) is 22.3 Å². The van der Waals surface area contributed by atoms with Crippen LogP contribution in [0, 0.1) is 0 Å². The number of primary amides is 1. The molecule has 0 aliphatic rings. The Balaban J connectivity index is 1.77. The molecule has 4 rings (SSSR count). The number of amides is 1. The van der Waals surface area contributed by atoms with Gasteiger partial charge in [-0.3, -0.25) is 9.52 Å². The van der Waals surface area contributed by atoms with Gasteiger partial charge in [0.15, 0.2) is 10.9 Å². The molecule has 36 heavy (non-hydrogen) atoms. The van der Waals surface area contributed by atoms with E-state index in [2.05, 4.69) is 20.9 Å². The van der Waals surface area contributed by atoms with Crippen molar-refractivity contribution in [2.24, 2.45) is 5.73 Å². The summed E-state index contributed by atoms with van der Waals surface area (Å²) in [4.78, 5) is 16.1. The number of hydrogen-bond donors (Lipinski definition) is 2. The maximum absolute atomic E-state index is 12.9. The van der Waals surface area contributed by atoms with Crippen molar-refractivity contribution in [1.82, 2.24) is 9.55 Å². The van der Waals surface area contributed by atoms with E-state index in [0.717, 1.165) is 5.56 Å². The molecule has 2 aromatic heterocycles. The molecule has 3 N–H and O–H groups in total. The fraction of sp³-hybridized carbons (Fsp3) is 0.182. The van der Waals surface area contributed by atoms with Gasteiger partial charge in [0.05, 0.1) is 10.2 Å². The highest BCUT2D eigenvalue weighted by Gasteiger charge is 2.46. The van der Waals surface area contributed by atoms with Gasteiger partial charge in [0.2, 0.25) is 0 Å². The number of sulfonamides is 1. The lowest BCUT2D eigenvalue weighted by Crippen LogP contribution is -2.30. The van der Waals surface area contributed by atoms with Crippen LogP contribution in [0.2, 0.25) is 5.15 Å². The predicted molar refractivity (Wildman–Crippen MR) is 132 cm³/mol. The molecule has 0 saturated heterocycles. The van der Waals surface area contributed by atoms with Gasteiger partial charge in [-0.2, -0.15) is 21.6 Å². The van der Waals surface area contributed by atoms with Gasteiger partial charge in [-0.15, -0.1) is 0 Å². The minimum atomic E-state index is -5.65. The number of anilines is 1. The Morgan fingerprint density at radius 1 is 1.25 bits per heavy atom. The number of aryl methyl sites for hydroxylation is 1. The van der Waals surface area contributed by atoms with Gasteiger partial charge in [0, 0.05) is 23.9 Å². The van der Waals surface area contributed by atoms with E-state index in [9.17, 15) is 26.4 Å². The van der Waals surface area contributed by atoms with Gasteiger partial charge in [0.1, 0.15) is 17.1 Å². The van der Waals surface area contributed by atoms with Crippen LogP contribution in [0.5, 0.6) is 0 Å². The van der Waals surface area contributed by atoms with E-state index < -0.39 is 21.4 Å². The molecular formula is C22H17BrClF3N4O4S. The van der Waals surface area contributed by atoms with Gasteiger partial charge >= 0.3 is 15.5 Å². The Kier molecular flexibility index (Phi) is 6.84. The molecule has 4 aromatic rings. The van der Waals surface area contributed by atoms with E-state index in [4.69, 9.17) is 21.8 Å². The van der Waals surface area contributed by atoms with Crippen molar-refractivity contribution in [3.05, 3.63) is 69.2 Å². The maximum atomic E-state index is 12.9. The quantitative estimate of drug-likeness (QED) is 0.281. The summed E-state index contributed by atoms with van der Waals surface area (Å²) in [5, 5.41) is 0.575. The van der Waals surface area contributed by atoms with Crippen LogP contribution in [-0.4, -0.2) is 29.4 Å². The molecule has 0 radical (unpaired) electrons. The second-order valence-corrected chi connectivity index (χ2v) is 10.5. The second-order valence-electron chi connectivity index (χ2n) is 7.64. The van der Waals surface area contributed by atoms with Gasteiger partial charge in [-0.25, -0.2) is 4.98 Å². The first-order valence-corrected chi connectivity index (χ1v) is 12.9. The summed E-state index contributed by atoms with van der Waals surface area (Å²) in [7, 11) is -5.65. The summed E-state index contributed by atoms with van der Waals surface area (Å²) in [6, 6.07) is 10.7. The number of furan rings is 1. The highest BCUT2D eigenvalue weighted by atomic mass is 79.9. The summed E-state index contributed by atoms with van der Waals surface area (Å²) < 4.78 is 71.6. The van der Waals surface area contributed by atoms with E-state index >= 15 is 0 Å². The minimum absolute atomic E-state index is 0.00474. The zero-order valence-electron chi connectivity index (χ0n) is 18.4. The summed E-state index contributed by atoms with van der Waals surface area (Å²) in [6.45, 7) is 2.07. The molecule has 1 amide bonds. The fourth-order valence-electron chi connectivity index (χ4n) is 3.68. The number of nitrogens with one attached hydrogen (secondary N) is 1. The first-order chi connectivity index (χ1) is 16.8. The van der Waals surface area contributed by atoms with Gasteiger partial charge < -0.3 is 14.7 Å². The third kappa shape index (κ3) is 4.70. The van der Waals surface area contributed by atoms with Crippen molar-refractivity contribution >= 4 is 60.1 Å². The number of aromatic nitrogens is 2. The van der Waals surface area contributed by atoms with Crippen molar-refractivity contribution in [3.63, 3.8) is 0 Å². The van der Waals surface area contributed by atoms with Crippen molar-refractivity contribution in [1.29, 1.82) is 0 Å². The van der Waals surface area contributed by atoms with Gasteiger partial charge in [0.25, 0.3) is 5.91 Å². The third-order valence-corrected chi connectivity index (χ3v) is 7.46. The van der Waals surface area contributed by atoms with Crippen LogP contribution in [0.3, 0.4) is 0 Å². The monoisotopic (exact) mass is 604 g/mol. The second kappa shape index (κ2) is 9.45. The van der Waals surface area contributed by atoms with Crippen LogP contribution >= 0.6 is 27.5 Å². The van der Waals surface area contributed by atoms with Gasteiger partial charge in [-0.05, 0) is 45.8 Å². The minimum Gasteiger partial charge on any atom is -0.455 e. The molecule has 8 nitrogen and oxygen atoms in total. The molecule has 0 aliphatic carbocycles. The van der Waals surface area contributed by atoms with Crippen LogP contribution in [0.15, 0.2) is 51.4 Å². The number of fused-ring (bicyclic) bond motifs is 1. The molecule has 2 heterocycles. The number of para-hydroxylation sites is 1. The van der Waals surface area contributed by atoms with E-state index in [-0.39, 0.29) is 34.4 Å². The smallest absolute Gasteiger partial charge is 0.455 e. The lowest BCUT2D eigenvalue weighted by molar-refractivity contribution is -0.0429. The number of alkyl halides is 3. The third-order valence-electron chi connectivity index (χ3n) is 5.31. The molecular weight excluding hydrogens is 589 g/mol. The zero-order valence-corrected chi connectivity index (χ0v) is 21.5. The van der Waals surface area contributed by atoms with Crippen LogP contribution in [0.1, 0.15) is 28.8 Å². The first kappa shape index (κ1) is 26.0. The molecule has 2 aromatic carbocycles. The summed E-state index contributed by atoms with van der Waals surface area (Å²) >= 11 is 9.52. The molecule has 0 unspecified atom stereocenters. The molecule has 0 fully saturated rings. The lowest BCUT2D eigenvalue weighted by atomic mass is 10.1. The fourth-order valence-corrected chi connectivity index (χ4v) is 5.16. The van der Waals surface area contributed by atoms with E-state index in [1.165, 1.54) is 24.3 Å². The highest BCUT2D eigenvalue weighted by molar-refractivity contribution is 9.10. The Morgan fingerprint density at radius 3 is 2.58 bits per heavy atom. The Bertz CT molecular complexity index is 1600. The molecule has 190 valence electrons. The standard InChI is InChI=1S/C22H17BrClF3N4O4S/c1-2-16-29-20(24)18(21(28)32)31(16)10-11-7-8-15-13(9-11)17(23)19(35-15)12-5-3-4-6-14(12)30-36(33,34)22(25,26)27/h3-9,30H,2,10H2,1H3,(H2,28,32). The number of nitrogens with zero attached hydrogens (tertiary/aromatic N) is 2. The SMILES string of the molecule is CCc1nc(Cl)c(C(N)=O)n1Cc1ccc2oc(-c3ccccc3NS(=O)(=O)C(F)(F)F)c(Br)c2c1. The van der Waals surface area contributed by atoms with Crippen molar-refractivity contribution < 1.29 is 30.8 Å². The number of halogens is 5. The number of imidazole rings is 1. The topological polar surface area (TPSA) is 120 Å². The summed E-state index contributed by atoms with van der Waals surface area (Å²) in [5.74, 6) is -0.0370. The Labute approximate surface area is 216 Å². The summed E-state index contributed by atoms with van der Waals surface area (Å²) in [6.07, 6.45) is 0.499. The number of benzene rings is 2. The highest BCUT2D eigenvalue weighted by Crippen LogP contribution is 2.42. The molecule has 0 aliphatic heterocycles. The first-order valence-electron chi connectivity index (χ1n) is 10.3. The Hall–Kier alpha value is -3.03. The number of carbonyl (C=O) groups excluding carboxylic acids is 1. The molecule has 0 spiro atoms. The van der Waals surface area contributed by atoms with Crippen molar-refractivity contribution in [3.8, 4) is 11.3 Å². The average Bonchev–Trinajstić information content (AvgIpc) is 3.29. The van der Waals surface area contributed by atoms with Crippen molar-refractivity contribution in [2.75, 3.05) is 4.72 Å². The van der Waals surface area contributed by atoms with E-state index in [0.29, 0.717) is 27.7 Å². The Morgan fingerprint density at radius 2 is 1.94 bits per heavy atom.